The maximum atomic E-state index is 11.7. The number of hydrogen-bond acceptors (Lipinski definition) is 3. The summed E-state index contributed by atoms with van der Waals surface area (Å²) in [5.74, 6) is -1.55. The molecule has 78 valence electrons. The van der Waals surface area contributed by atoms with Gasteiger partial charge in [0.1, 0.15) is 0 Å². The van der Waals surface area contributed by atoms with Crippen LogP contribution in [0.4, 0.5) is 0 Å². The fourth-order valence-corrected chi connectivity index (χ4v) is 2.37. The van der Waals surface area contributed by atoms with Crippen molar-refractivity contribution < 1.29 is 14.1 Å². The van der Waals surface area contributed by atoms with E-state index in [-0.39, 0.29) is 11.2 Å². The lowest BCUT2D eigenvalue weighted by atomic mass is 10.1. The van der Waals surface area contributed by atoms with Gasteiger partial charge in [0.15, 0.2) is 4.87 Å². The third-order valence-corrected chi connectivity index (χ3v) is 4.12. The molecule has 0 heterocycles. The summed E-state index contributed by atoms with van der Waals surface area (Å²) in [6.07, 6.45) is 0. The molecule has 0 aliphatic carbocycles. The first-order valence-corrected chi connectivity index (χ1v) is 5.38. The standard InChI is InChI=1S/C8H17NO3S/c1-5(2)8(9,7(10)11)13(12)6(3)4/h5-6H,9H2,1-4H3,(H,10,11). The van der Waals surface area contributed by atoms with Crippen LogP contribution < -0.4 is 5.73 Å². The SMILES string of the molecule is CC(C)S(=O)C(N)(C(=O)O)C(C)C. The van der Waals surface area contributed by atoms with E-state index >= 15 is 0 Å². The summed E-state index contributed by atoms with van der Waals surface area (Å²) >= 11 is 0. The first kappa shape index (κ1) is 12.6. The molecule has 0 aliphatic rings. The molecule has 2 atom stereocenters. The van der Waals surface area contributed by atoms with Gasteiger partial charge >= 0.3 is 5.97 Å². The van der Waals surface area contributed by atoms with Crippen molar-refractivity contribution in [3.63, 3.8) is 0 Å². The number of aliphatic carboxylic acids is 1. The van der Waals surface area contributed by atoms with Gasteiger partial charge in [0.2, 0.25) is 0 Å². The van der Waals surface area contributed by atoms with Crippen molar-refractivity contribution >= 4 is 16.8 Å². The molecule has 4 nitrogen and oxygen atoms in total. The Labute approximate surface area is 81.0 Å². The molecule has 0 aromatic rings. The largest absolute Gasteiger partial charge is 0.479 e. The highest BCUT2D eigenvalue weighted by molar-refractivity contribution is 7.87. The molecule has 13 heavy (non-hydrogen) atoms. The van der Waals surface area contributed by atoms with E-state index in [1.165, 1.54) is 0 Å². The average Bonchev–Trinajstić information content (AvgIpc) is 2.00. The van der Waals surface area contributed by atoms with Crippen LogP contribution in [0.2, 0.25) is 0 Å². The van der Waals surface area contributed by atoms with Crippen molar-refractivity contribution in [2.75, 3.05) is 0 Å². The van der Waals surface area contributed by atoms with Crippen molar-refractivity contribution in [3.05, 3.63) is 0 Å². The fourth-order valence-electron chi connectivity index (χ4n) is 0.955. The van der Waals surface area contributed by atoms with E-state index in [2.05, 4.69) is 0 Å². The van der Waals surface area contributed by atoms with Gasteiger partial charge < -0.3 is 10.8 Å². The molecule has 0 saturated carbocycles. The van der Waals surface area contributed by atoms with Crippen LogP contribution in [0.5, 0.6) is 0 Å². The van der Waals surface area contributed by atoms with E-state index in [1.807, 2.05) is 0 Å². The van der Waals surface area contributed by atoms with E-state index in [4.69, 9.17) is 10.8 Å². The molecule has 0 aromatic carbocycles. The second-order valence-electron chi connectivity index (χ2n) is 3.60. The highest BCUT2D eigenvalue weighted by atomic mass is 32.2. The van der Waals surface area contributed by atoms with Gasteiger partial charge in [0.25, 0.3) is 0 Å². The van der Waals surface area contributed by atoms with Gasteiger partial charge in [0, 0.05) is 5.25 Å². The van der Waals surface area contributed by atoms with Crippen LogP contribution in [-0.2, 0) is 15.6 Å². The highest BCUT2D eigenvalue weighted by Gasteiger charge is 2.44. The van der Waals surface area contributed by atoms with Crippen LogP contribution in [0.3, 0.4) is 0 Å². The minimum atomic E-state index is -1.63. The second kappa shape index (κ2) is 4.19. The van der Waals surface area contributed by atoms with Gasteiger partial charge in [-0.15, -0.1) is 0 Å². The Kier molecular flexibility index (Phi) is 4.06. The normalized spacial score (nSPS) is 18.7. The molecule has 0 aromatic heterocycles. The lowest BCUT2D eigenvalue weighted by Crippen LogP contribution is -2.57. The third kappa shape index (κ3) is 2.28. The summed E-state index contributed by atoms with van der Waals surface area (Å²) in [7, 11) is -1.56. The number of nitrogens with two attached hydrogens (primary N) is 1. The Hall–Kier alpha value is -0.420. The predicted molar refractivity (Wildman–Crippen MR) is 52.7 cm³/mol. The van der Waals surface area contributed by atoms with E-state index in [0.717, 1.165) is 0 Å². The summed E-state index contributed by atoms with van der Waals surface area (Å²) in [6, 6.07) is 0. The summed E-state index contributed by atoms with van der Waals surface area (Å²) in [6.45, 7) is 6.72. The molecule has 2 unspecified atom stereocenters. The van der Waals surface area contributed by atoms with Crippen LogP contribution in [0.15, 0.2) is 0 Å². The van der Waals surface area contributed by atoms with E-state index in [0.29, 0.717) is 0 Å². The van der Waals surface area contributed by atoms with Crippen molar-refractivity contribution in [1.29, 1.82) is 0 Å². The van der Waals surface area contributed by atoms with Crippen LogP contribution >= 0.6 is 0 Å². The van der Waals surface area contributed by atoms with Crippen molar-refractivity contribution in [2.24, 2.45) is 11.7 Å². The molecule has 5 heteroatoms. The van der Waals surface area contributed by atoms with Gasteiger partial charge in [-0.2, -0.15) is 0 Å². The minimum absolute atomic E-state index is 0.247. The summed E-state index contributed by atoms with van der Waals surface area (Å²) in [4.78, 5) is 9.26. The predicted octanol–water partition coefficient (Wildman–Crippen LogP) is 0.539. The summed E-state index contributed by atoms with van der Waals surface area (Å²) < 4.78 is 11.7. The van der Waals surface area contributed by atoms with Crippen molar-refractivity contribution in [2.45, 2.75) is 37.8 Å². The van der Waals surface area contributed by atoms with E-state index in [1.54, 1.807) is 27.7 Å². The number of hydrogen-bond donors (Lipinski definition) is 2. The smallest absolute Gasteiger partial charge is 0.337 e. The molecular weight excluding hydrogens is 190 g/mol. The van der Waals surface area contributed by atoms with E-state index < -0.39 is 21.6 Å². The van der Waals surface area contributed by atoms with Gasteiger partial charge in [-0.25, -0.2) is 4.79 Å². The molecule has 0 fully saturated rings. The molecule has 0 rings (SSSR count). The molecule has 0 saturated heterocycles. The number of carbonyl (C=O) groups is 1. The molecule has 0 amide bonds. The zero-order valence-electron chi connectivity index (χ0n) is 8.40. The van der Waals surface area contributed by atoms with Crippen LogP contribution in [0.25, 0.3) is 0 Å². The third-order valence-electron chi connectivity index (χ3n) is 1.95. The lowest BCUT2D eigenvalue weighted by molar-refractivity contribution is -0.141. The molecular formula is C8H17NO3S. The molecule has 0 aliphatic heterocycles. The molecule has 0 spiro atoms. The Bertz CT molecular complexity index is 227. The molecule has 0 radical (unpaired) electrons. The van der Waals surface area contributed by atoms with E-state index in [9.17, 15) is 9.00 Å². The highest BCUT2D eigenvalue weighted by Crippen LogP contribution is 2.21. The van der Waals surface area contributed by atoms with Crippen molar-refractivity contribution in [1.82, 2.24) is 0 Å². The lowest BCUT2D eigenvalue weighted by Gasteiger charge is -2.29. The Morgan fingerprint density at radius 2 is 1.77 bits per heavy atom. The quantitative estimate of drug-likeness (QED) is 0.705. The zero-order chi connectivity index (χ0) is 10.8. The number of rotatable bonds is 4. The zero-order valence-corrected chi connectivity index (χ0v) is 9.22. The average molecular weight is 207 g/mol. The maximum absolute atomic E-state index is 11.7. The van der Waals surface area contributed by atoms with Gasteiger partial charge in [-0.3, -0.25) is 4.21 Å². The minimum Gasteiger partial charge on any atom is -0.479 e. The van der Waals surface area contributed by atoms with Gasteiger partial charge in [-0.1, -0.05) is 27.7 Å². The summed E-state index contributed by atoms with van der Waals surface area (Å²) in [5.41, 5.74) is 5.63. The Morgan fingerprint density at radius 3 is 1.85 bits per heavy atom. The maximum Gasteiger partial charge on any atom is 0.337 e. The first-order valence-electron chi connectivity index (χ1n) is 4.17. The summed E-state index contributed by atoms with van der Waals surface area (Å²) in [5, 5.41) is 8.66. The van der Waals surface area contributed by atoms with Gasteiger partial charge in [0.05, 0.1) is 10.8 Å². The van der Waals surface area contributed by atoms with Crippen LogP contribution in [0.1, 0.15) is 27.7 Å². The Balaban J connectivity index is 5.02. The van der Waals surface area contributed by atoms with Crippen LogP contribution in [-0.4, -0.2) is 25.4 Å². The Morgan fingerprint density at radius 1 is 1.38 bits per heavy atom. The number of carboxylic acids is 1. The van der Waals surface area contributed by atoms with Crippen molar-refractivity contribution in [3.8, 4) is 0 Å². The number of carboxylic acid groups (broad SMARTS) is 1. The van der Waals surface area contributed by atoms with Gasteiger partial charge in [-0.05, 0) is 5.92 Å². The fraction of sp³-hybridized carbons (Fsp3) is 0.875. The molecule has 0 bridgehead atoms. The van der Waals surface area contributed by atoms with Crippen LogP contribution in [0, 0.1) is 5.92 Å². The second-order valence-corrected chi connectivity index (χ2v) is 5.81. The molecule has 3 N–H and O–H groups in total. The first-order chi connectivity index (χ1) is 5.74. The topological polar surface area (TPSA) is 80.4 Å². The monoisotopic (exact) mass is 207 g/mol.